The van der Waals surface area contributed by atoms with Gasteiger partial charge in [0.1, 0.15) is 5.69 Å². The van der Waals surface area contributed by atoms with Gasteiger partial charge in [-0.3, -0.25) is 0 Å². The summed E-state index contributed by atoms with van der Waals surface area (Å²) < 4.78 is 5.06. The molecule has 0 aliphatic rings. The Labute approximate surface area is 116 Å². The third kappa shape index (κ3) is 2.30. The number of hydrogen-bond donors (Lipinski definition) is 2. The number of rotatable bonds is 4. The van der Waals surface area contributed by atoms with Crippen molar-refractivity contribution in [1.82, 2.24) is 25.1 Å². The maximum absolute atomic E-state index is 11.0. The van der Waals surface area contributed by atoms with E-state index in [1.807, 2.05) is 12.3 Å². The van der Waals surface area contributed by atoms with E-state index in [0.717, 1.165) is 10.7 Å². The number of aryl methyl sites for hydroxylation is 1. The summed E-state index contributed by atoms with van der Waals surface area (Å²) in [6, 6.07) is 0. The predicted octanol–water partition coefficient (Wildman–Crippen LogP) is 1.51. The Hall–Kier alpha value is -2.55. The van der Waals surface area contributed by atoms with Crippen LogP contribution in [0.4, 0.5) is 0 Å². The Kier molecular flexibility index (Phi) is 3.03. The van der Waals surface area contributed by atoms with E-state index < -0.39 is 5.97 Å². The van der Waals surface area contributed by atoms with Crippen molar-refractivity contribution in [2.75, 3.05) is 0 Å². The summed E-state index contributed by atoms with van der Waals surface area (Å²) >= 11 is 1.54. The number of carbonyl (C=O) groups is 1. The summed E-state index contributed by atoms with van der Waals surface area (Å²) in [5, 5.41) is 15.7. The zero-order valence-corrected chi connectivity index (χ0v) is 11.1. The van der Waals surface area contributed by atoms with Crippen LogP contribution in [0.1, 0.15) is 27.0 Å². The van der Waals surface area contributed by atoms with E-state index in [2.05, 4.69) is 25.1 Å². The molecule has 0 saturated heterocycles. The van der Waals surface area contributed by atoms with Crippen LogP contribution < -0.4 is 0 Å². The maximum atomic E-state index is 11.0. The predicted molar refractivity (Wildman–Crippen MR) is 68.5 cm³/mol. The summed E-state index contributed by atoms with van der Waals surface area (Å²) in [6.45, 7) is 1.92. The molecule has 3 rings (SSSR count). The van der Waals surface area contributed by atoms with Gasteiger partial charge in [0, 0.05) is 5.38 Å². The molecule has 0 fully saturated rings. The van der Waals surface area contributed by atoms with Crippen LogP contribution in [0, 0.1) is 6.92 Å². The first-order chi connectivity index (χ1) is 9.63. The first kappa shape index (κ1) is 12.5. The van der Waals surface area contributed by atoms with Gasteiger partial charge < -0.3 is 14.6 Å². The van der Waals surface area contributed by atoms with Crippen molar-refractivity contribution in [2.45, 2.75) is 13.3 Å². The summed E-state index contributed by atoms with van der Waals surface area (Å²) in [5.41, 5.74) is 0.901. The van der Waals surface area contributed by atoms with E-state index in [-0.39, 0.29) is 17.3 Å². The van der Waals surface area contributed by atoms with Gasteiger partial charge in [-0.25, -0.2) is 14.8 Å². The summed E-state index contributed by atoms with van der Waals surface area (Å²) in [5.74, 6) is -0.616. The normalized spacial score (nSPS) is 10.8. The SMILES string of the molecule is Cc1nc(Cc2noc(-c3[nH]cnc3C(=O)O)n2)cs1. The highest BCUT2D eigenvalue weighted by Gasteiger charge is 2.20. The number of H-pyrrole nitrogens is 1. The number of aromatic amines is 1. The Morgan fingerprint density at radius 2 is 2.35 bits per heavy atom. The lowest BCUT2D eigenvalue weighted by atomic mass is 10.3. The van der Waals surface area contributed by atoms with Gasteiger partial charge in [0.2, 0.25) is 0 Å². The standard InChI is InChI=1S/C11H9N5O3S/c1-5-14-6(3-20-5)2-7-15-10(19-16-7)8-9(11(17)18)13-4-12-8/h3-4H,2H2,1H3,(H,12,13)(H,17,18). The quantitative estimate of drug-likeness (QED) is 0.748. The topological polar surface area (TPSA) is 118 Å². The second kappa shape index (κ2) is 4.85. The first-order valence-corrected chi connectivity index (χ1v) is 6.52. The lowest BCUT2D eigenvalue weighted by molar-refractivity contribution is 0.0691. The van der Waals surface area contributed by atoms with Crippen LogP contribution in [0.15, 0.2) is 16.2 Å². The molecule has 8 nitrogen and oxygen atoms in total. The van der Waals surface area contributed by atoms with Gasteiger partial charge in [0.15, 0.2) is 11.5 Å². The molecule has 20 heavy (non-hydrogen) atoms. The number of nitrogens with one attached hydrogen (secondary N) is 1. The second-order valence-electron chi connectivity index (χ2n) is 3.98. The van der Waals surface area contributed by atoms with E-state index in [9.17, 15) is 4.79 Å². The van der Waals surface area contributed by atoms with Crippen molar-refractivity contribution in [3.63, 3.8) is 0 Å². The highest BCUT2D eigenvalue weighted by molar-refractivity contribution is 7.09. The average Bonchev–Trinajstić information content (AvgIpc) is 3.09. The molecule has 0 unspecified atom stereocenters. The molecule has 102 valence electrons. The minimum atomic E-state index is -1.16. The molecule has 0 aliphatic heterocycles. The lowest BCUT2D eigenvalue weighted by Gasteiger charge is -1.90. The molecular weight excluding hydrogens is 282 g/mol. The van der Waals surface area contributed by atoms with Crippen molar-refractivity contribution in [2.24, 2.45) is 0 Å². The molecule has 0 spiro atoms. The minimum absolute atomic E-state index is 0.0989. The third-order valence-electron chi connectivity index (χ3n) is 2.53. The second-order valence-corrected chi connectivity index (χ2v) is 5.04. The van der Waals surface area contributed by atoms with Crippen LogP contribution in [0.25, 0.3) is 11.6 Å². The molecule has 3 heterocycles. The fraction of sp³-hybridized carbons (Fsp3) is 0.182. The van der Waals surface area contributed by atoms with E-state index in [1.54, 1.807) is 11.3 Å². The monoisotopic (exact) mass is 291 g/mol. The maximum Gasteiger partial charge on any atom is 0.356 e. The minimum Gasteiger partial charge on any atom is -0.476 e. The first-order valence-electron chi connectivity index (χ1n) is 5.64. The zero-order chi connectivity index (χ0) is 14.1. The average molecular weight is 291 g/mol. The summed E-state index contributed by atoms with van der Waals surface area (Å²) in [6.07, 6.45) is 1.71. The molecule has 0 aromatic carbocycles. The number of aromatic carboxylic acids is 1. The molecule has 3 aromatic heterocycles. The number of aromatic nitrogens is 5. The fourth-order valence-electron chi connectivity index (χ4n) is 1.70. The molecule has 0 saturated carbocycles. The number of hydrogen-bond acceptors (Lipinski definition) is 7. The van der Waals surface area contributed by atoms with Gasteiger partial charge in [-0.05, 0) is 6.92 Å². The van der Waals surface area contributed by atoms with Crippen LogP contribution in [0.5, 0.6) is 0 Å². The molecule has 0 atom stereocenters. The number of nitrogens with zero attached hydrogens (tertiary/aromatic N) is 4. The van der Waals surface area contributed by atoms with Gasteiger partial charge in [0.05, 0.1) is 23.4 Å². The van der Waals surface area contributed by atoms with E-state index in [0.29, 0.717) is 12.2 Å². The highest BCUT2D eigenvalue weighted by atomic mass is 32.1. The van der Waals surface area contributed by atoms with Crippen LogP contribution in [-0.2, 0) is 6.42 Å². The molecule has 2 N–H and O–H groups in total. The Morgan fingerprint density at radius 1 is 1.50 bits per heavy atom. The van der Waals surface area contributed by atoms with E-state index >= 15 is 0 Å². The molecule has 0 bridgehead atoms. The number of imidazole rings is 1. The largest absolute Gasteiger partial charge is 0.476 e. The number of carboxylic acids is 1. The lowest BCUT2D eigenvalue weighted by Crippen LogP contribution is -1.99. The van der Waals surface area contributed by atoms with Gasteiger partial charge >= 0.3 is 5.97 Å². The molecule has 9 heteroatoms. The van der Waals surface area contributed by atoms with Gasteiger partial charge in [-0.15, -0.1) is 11.3 Å². The van der Waals surface area contributed by atoms with Crippen LogP contribution in [0.3, 0.4) is 0 Å². The van der Waals surface area contributed by atoms with Crippen LogP contribution in [0.2, 0.25) is 0 Å². The molecule has 0 radical (unpaired) electrons. The Balaban J connectivity index is 1.86. The zero-order valence-electron chi connectivity index (χ0n) is 10.3. The molecule has 0 amide bonds. The van der Waals surface area contributed by atoms with E-state index in [4.69, 9.17) is 9.63 Å². The molecule has 0 aliphatic carbocycles. The van der Waals surface area contributed by atoms with Gasteiger partial charge in [-0.1, -0.05) is 5.16 Å². The van der Waals surface area contributed by atoms with Crippen molar-refractivity contribution >= 4 is 17.3 Å². The van der Waals surface area contributed by atoms with Crippen LogP contribution in [-0.4, -0.2) is 36.2 Å². The van der Waals surface area contributed by atoms with Crippen LogP contribution >= 0.6 is 11.3 Å². The fourth-order valence-corrected chi connectivity index (χ4v) is 2.31. The smallest absolute Gasteiger partial charge is 0.356 e. The summed E-state index contributed by atoms with van der Waals surface area (Å²) in [4.78, 5) is 25.8. The molecular formula is C11H9N5O3S. The number of thiazole rings is 1. The van der Waals surface area contributed by atoms with Crippen molar-refractivity contribution in [3.05, 3.63) is 33.9 Å². The van der Waals surface area contributed by atoms with Crippen molar-refractivity contribution < 1.29 is 14.4 Å². The van der Waals surface area contributed by atoms with Gasteiger partial charge in [0.25, 0.3) is 5.89 Å². The Bertz CT molecular complexity index is 760. The van der Waals surface area contributed by atoms with E-state index in [1.165, 1.54) is 6.33 Å². The highest BCUT2D eigenvalue weighted by Crippen LogP contribution is 2.19. The van der Waals surface area contributed by atoms with Crippen molar-refractivity contribution in [1.29, 1.82) is 0 Å². The van der Waals surface area contributed by atoms with Crippen molar-refractivity contribution in [3.8, 4) is 11.6 Å². The number of carboxylic acid groups (broad SMARTS) is 1. The third-order valence-corrected chi connectivity index (χ3v) is 3.35. The molecule has 3 aromatic rings. The summed E-state index contributed by atoms with van der Waals surface area (Å²) in [7, 11) is 0. The Morgan fingerprint density at radius 3 is 3.05 bits per heavy atom. The van der Waals surface area contributed by atoms with Gasteiger partial charge in [-0.2, -0.15) is 4.98 Å².